The van der Waals surface area contributed by atoms with Crippen LogP contribution >= 0.6 is 0 Å². The molecule has 33 heteroatoms. The zero-order valence-electron chi connectivity index (χ0n) is 35.5. The number of aliphatic hydroxyl groups excluding tert-OH is 1. The Morgan fingerprint density at radius 1 is 0.623 bits per heavy atom. The molecule has 1 aromatic heterocycles. The number of amides is 6. The van der Waals surface area contributed by atoms with Gasteiger partial charge in [-0.1, -0.05) is 72.8 Å². The molecule has 0 aliphatic rings. The van der Waals surface area contributed by atoms with Gasteiger partial charge in [0.1, 0.15) is 12.2 Å². The van der Waals surface area contributed by atoms with Crippen LogP contribution in [0, 0.1) is 41.9 Å². The molecule has 366 valence electrons. The smallest absolute Gasteiger partial charge is 0.318 e. The van der Waals surface area contributed by atoms with Gasteiger partial charge in [0.05, 0.1) is 15.9 Å². The minimum atomic E-state index is -2.43. The lowest BCUT2D eigenvalue weighted by Crippen LogP contribution is -2.68. The van der Waals surface area contributed by atoms with Gasteiger partial charge in [-0.05, 0) is 11.1 Å². The van der Waals surface area contributed by atoms with Crippen LogP contribution in [0.4, 0.5) is 17.2 Å². The summed E-state index contributed by atoms with van der Waals surface area (Å²) < 4.78 is 0. The topological polar surface area (TPSA) is 559 Å². The second-order valence-corrected chi connectivity index (χ2v) is 13.6. The molecule has 1 heterocycles. The summed E-state index contributed by atoms with van der Waals surface area (Å²) >= 11 is 0. The molecule has 24 N–H and O–H groups in total. The van der Waals surface area contributed by atoms with E-state index >= 15 is 0 Å². The van der Waals surface area contributed by atoms with Gasteiger partial charge in [-0.25, -0.2) is 4.98 Å². The number of aliphatic hydroxyl groups is 1. The summed E-state index contributed by atoms with van der Waals surface area (Å²) in [7, 11) is 0. The molecule has 0 bridgehead atoms. The van der Waals surface area contributed by atoms with Crippen molar-refractivity contribution in [3.05, 3.63) is 110 Å². The number of nitro groups is 2. The van der Waals surface area contributed by atoms with Crippen LogP contribution in [0.25, 0.3) is 6.08 Å². The van der Waals surface area contributed by atoms with E-state index in [0.717, 1.165) is 0 Å². The van der Waals surface area contributed by atoms with Crippen molar-refractivity contribution in [3.8, 4) is 0 Å². The Labute approximate surface area is 387 Å². The summed E-state index contributed by atoms with van der Waals surface area (Å²) in [5.74, 6) is -12.5. The van der Waals surface area contributed by atoms with Crippen LogP contribution in [0.1, 0.15) is 17.2 Å². The van der Waals surface area contributed by atoms with Crippen LogP contribution in [0.5, 0.6) is 0 Å². The number of hydrogen-bond acceptors (Lipinski definition) is 17. The van der Waals surface area contributed by atoms with Crippen LogP contribution in [0.15, 0.2) is 79.0 Å². The molecule has 3 rings (SSSR count). The van der Waals surface area contributed by atoms with Crippen LogP contribution < -0.4 is 81.4 Å². The average molecular weight is 963 g/mol. The number of primary amides is 1. The molecule has 0 saturated heterocycles. The van der Waals surface area contributed by atoms with E-state index < -0.39 is 130 Å². The van der Waals surface area contributed by atoms with E-state index in [9.17, 15) is 54.1 Å². The predicted molar refractivity (Wildman–Crippen MR) is 241 cm³/mol. The summed E-state index contributed by atoms with van der Waals surface area (Å²) in [5, 5.41) is 84.1. The molecule has 0 fully saturated rings. The summed E-state index contributed by atoms with van der Waals surface area (Å²) in [6.45, 7) is -0.494. The first-order valence-electron chi connectivity index (χ1n) is 19.2. The van der Waals surface area contributed by atoms with Crippen LogP contribution in [-0.4, -0.2) is 117 Å². The molecular formula is C36H46N22O11. The lowest BCUT2D eigenvalue weighted by Gasteiger charge is -2.29. The zero-order chi connectivity index (χ0) is 51.5. The molecule has 0 spiro atoms. The third-order valence-corrected chi connectivity index (χ3v) is 8.55. The van der Waals surface area contributed by atoms with Gasteiger partial charge >= 0.3 is 5.69 Å². The Morgan fingerprint density at radius 3 is 1.49 bits per heavy atom. The van der Waals surface area contributed by atoms with Gasteiger partial charge in [0.15, 0.2) is 48.5 Å². The van der Waals surface area contributed by atoms with Crippen molar-refractivity contribution in [1.82, 2.24) is 52.8 Å². The van der Waals surface area contributed by atoms with Crippen molar-refractivity contribution in [2.45, 2.75) is 36.9 Å². The molecule has 6 amide bonds. The minimum Gasteiger partial charge on any atom is -0.370 e. The molecular weight excluding hydrogens is 917 g/mol. The average Bonchev–Trinajstić information content (AvgIpc) is 3.28. The van der Waals surface area contributed by atoms with E-state index in [-0.39, 0.29) is 5.56 Å². The van der Waals surface area contributed by atoms with E-state index in [1.807, 2.05) is 26.6 Å². The SMILES string of the molecule is N=C(N)NC(NC(=O)C(NC(=N)N)NC(=O)C(NC(=N)N)NC(=O)C(NC(=N)N)NC(=O)C(NC(=O)C(O)N(C/C=C\c1ccccc1)c1ncc([N+](=O)[O-])cc1[N+](=O)[O-])c1ccccc1)C(N)=O. The number of anilines is 1. The lowest BCUT2D eigenvalue weighted by atomic mass is 10.1. The molecule has 2 aromatic carbocycles. The highest BCUT2D eigenvalue weighted by Gasteiger charge is 2.37. The highest BCUT2D eigenvalue weighted by molar-refractivity contribution is 5.99. The number of hydrogen-bond donors (Lipinski definition) is 19. The van der Waals surface area contributed by atoms with Crippen molar-refractivity contribution in [2.24, 2.45) is 28.7 Å². The maximum absolute atomic E-state index is 14.1. The number of carbonyl (C=O) groups excluding carboxylic acids is 6. The number of guanidine groups is 4. The van der Waals surface area contributed by atoms with E-state index in [1.165, 1.54) is 42.5 Å². The Hall–Kier alpha value is -10.2. The van der Waals surface area contributed by atoms with Crippen molar-refractivity contribution in [1.29, 1.82) is 21.6 Å². The third kappa shape index (κ3) is 16.4. The highest BCUT2D eigenvalue weighted by atomic mass is 16.6. The molecule has 0 aliphatic heterocycles. The first-order chi connectivity index (χ1) is 32.5. The Kier molecular flexibility index (Phi) is 19.1. The largest absolute Gasteiger partial charge is 0.370 e. The van der Waals surface area contributed by atoms with Gasteiger partial charge in [0.25, 0.3) is 35.2 Å². The monoisotopic (exact) mass is 962 g/mol. The molecule has 3 aromatic rings. The maximum atomic E-state index is 14.1. The van der Waals surface area contributed by atoms with Gasteiger partial charge in [0, 0.05) is 6.54 Å². The second kappa shape index (κ2) is 24.7. The Balaban J connectivity index is 1.98. The summed E-state index contributed by atoms with van der Waals surface area (Å²) in [4.78, 5) is 106. The van der Waals surface area contributed by atoms with E-state index in [1.54, 1.807) is 30.3 Å². The van der Waals surface area contributed by atoms with Gasteiger partial charge in [-0.2, -0.15) is 0 Å². The normalized spacial score (nSPS) is 13.2. The van der Waals surface area contributed by atoms with Crippen molar-refractivity contribution in [2.75, 3.05) is 11.4 Å². The van der Waals surface area contributed by atoms with Gasteiger partial charge < -0.3 is 86.5 Å². The first kappa shape index (κ1) is 53.1. The van der Waals surface area contributed by atoms with Crippen molar-refractivity contribution >= 4 is 82.5 Å². The number of rotatable bonds is 23. The summed E-state index contributed by atoms with van der Waals surface area (Å²) in [5.41, 5.74) is 25.5. The number of nitrogens with zero attached hydrogens (tertiary/aromatic N) is 4. The molecule has 0 aliphatic carbocycles. The molecule has 0 saturated carbocycles. The third-order valence-electron chi connectivity index (χ3n) is 8.55. The number of benzene rings is 2. The standard InChI is InChI=1S/C36H46N22O11/c37-21(59)22(52-33(38)39)48-28(61)24(54-35(42)43)50-30(63)25(55-36(44)45)51-29(62)23(53-34(40)41)49-27(60)20(17-11-5-2-6-12-17)47-31(64)32(65)56(13-7-10-16-8-3-1-4-9-16)26-19(58(68)69)14-18(15-46-26)57(66)67/h1-12,14-15,20,22-25,32,65H,13H2,(H2,37,59)(H,47,64)(H,48,61)(H,49,60)(H,50,63)(H,51,62)(H4,38,39,52)(H4,40,41,53)(H4,42,43,54)(H4,44,45,55)/b10-7-. The number of pyridine rings is 1. The van der Waals surface area contributed by atoms with Gasteiger partial charge in [0.2, 0.25) is 18.0 Å². The lowest BCUT2D eigenvalue weighted by molar-refractivity contribution is -0.394. The predicted octanol–water partition coefficient (Wildman–Crippen LogP) is -6.22. The minimum absolute atomic E-state index is 0.0117. The second-order valence-electron chi connectivity index (χ2n) is 13.6. The van der Waals surface area contributed by atoms with Crippen LogP contribution in [-0.2, 0) is 28.8 Å². The number of nitrogens with two attached hydrogens (primary N) is 5. The maximum Gasteiger partial charge on any atom is 0.318 e. The Morgan fingerprint density at radius 2 is 1.06 bits per heavy atom. The quantitative estimate of drug-likeness (QED) is 0.0138. The van der Waals surface area contributed by atoms with E-state index in [0.29, 0.717) is 22.7 Å². The number of nitrogens with one attached hydrogen (secondary N) is 13. The molecule has 0 radical (unpaired) electrons. The summed E-state index contributed by atoms with van der Waals surface area (Å²) in [6.07, 6.45) is -7.07. The number of aromatic nitrogens is 1. The fourth-order valence-electron chi connectivity index (χ4n) is 5.57. The fraction of sp³-hybridized carbons (Fsp3) is 0.194. The Bertz CT molecular complexity index is 2500. The van der Waals surface area contributed by atoms with E-state index in [2.05, 4.69) is 26.3 Å². The van der Waals surface area contributed by atoms with Crippen LogP contribution in [0.2, 0.25) is 0 Å². The zero-order valence-corrected chi connectivity index (χ0v) is 35.5. The van der Waals surface area contributed by atoms with Gasteiger partial charge in [-0.15, -0.1) is 0 Å². The van der Waals surface area contributed by atoms with Crippen molar-refractivity contribution < 1.29 is 43.7 Å². The summed E-state index contributed by atoms with van der Waals surface area (Å²) in [6, 6.07) is 14.2. The number of carbonyl (C=O) groups is 6. The van der Waals surface area contributed by atoms with Crippen molar-refractivity contribution in [3.63, 3.8) is 0 Å². The van der Waals surface area contributed by atoms with Crippen LogP contribution in [0.3, 0.4) is 0 Å². The fourth-order valence-corrected chi connectivity index (χ4v) is 5.57. The van der Waals surface area contributed by atoms with E-state index in [4.69, 9.17) is 50.3 Å². The molecule has 33 nitrogen and oxygen atoms in total. The molecule has 6 unspecified atom stereocenters. The highest BCUT2D eigenvalue weighted by Crippen LogP contribution is 2.30. The van der Waals surface area contributed by atoms with Gasteiger partial charge in [-0.3, -0.25) is 70.6 Å². The molecule has 6 atom stereocenters. The molecule has 69 heavy (non-hydrogen) atoms. The first-order valence-corrected chi connectivity index (χ1v) is 19.2.